The van der Waals surface area contributed by atoms with E-state index in [1.165, 1.54) is 12.1 Å². The molecule has 8 heteroatoms. The fourth-order valence-electron chi connectivity index (χ4n) is 1.63. The van der Waals surface area contributed by atoms with Crippen molar-refractivity contribution in [3.8, 4) is 0 Å². The van der Waals surface area contributed by atoms with Crippen LogP contribution < -0.4 is 5.11 Å². The van der Waals surface area contributed by atoms with Gasteiger partial charge in [0, 0.05) is 22.2 Å². The zero-order valence-electron chi connectivity index (χ0n) is 11.2. The average Bonchev–Trinajstić information content (AvgIpc) is 2.42. The second-order valence-corrected chi connectivity index (χ2v) is 9.52. The molecule has 0 radical (unpaired) electrons. The van der Waals surface area contributed by atoms with Crippen LogP contribution in [0.15, 0.2) is 45.7 Å². The number of halogens is 3. The number of rotatable bonds is 3. The molecule has 0 aliphatic heterocycles. The van der Waals surface area contributed by atoms with E-state index in [9.17, 15) is 13.5 Å². The normalized spacial score (nSPS) is 12.5. The Bertz CT molecular complexity index is 846. The van der Waals surface area contributed by atoms with Gasteiger partial charge in [0.25, 0.3) is 10.0 Å². The molecule has 2 aromatic rings. The molecule has 0 atom stereocenters. The molecule has 2 aromatic carbocycles. The predicted octanol–water partition coefficient (Wildman–Crippen LogP) is 3.30. The summed E-state index contributed by atoms with van der Waals surface area (Å²) in [7, 11) is -4.00. The van der Waals surface area contributed by atoms with Crippen LogP contribution in [0, 0.1) is 17.6 Å². The van der Waals surface area contributed by atoms with Crippen LogP contribution >= 0.6 is 67.8 Å². The summed E-state index contributed by atoms with van der Waals surface area (Å²) < 4.78 is 30.3. The van der Waals surface area contributed by atoms with E-state index in [-0.39, 0.29) is 4.90 Å². The highest BCUT2D eigenvalue weighted by Gasteiger charge is 2.13. The minimum atomic E-state index is -4.00. The molecule has 22 heavy (non-hydrogen) atoms. The number of aryl methyl sites for hydroxylation is 1. The molecule has 0 saturated carbocycles. The summed E-state index contributed by atoms with van der Waals surface area (Å²) in [5.74, 6) is -0.749. The lowest BCUT2D eigenvalue weighted by molar-refractivity contribution is -0.212. The van der Waals surface area contributed by atoms with E-state index in [1.807, 2.05) is 35.6 Å². The van der Waals surface area contributed by atoms with Crippen molar-refractivity contribution in [2.75, 3.05) is 0 Å². The van der Waals surface area contributed by atoms with Gasteiger partial charge in [0.15, 0.2) is 0 Å². The Labute approximate surface area is 169 Å². The van der Waals surface area contributed by atoms with Crippen LogP contribution in [0.5, 0.6) is 0 Å². The molecule has 0 aromatic heterocycles. The number of benzene rings is 2. The van der Waals surface area contributed by atoms with Crippen molar-refractivity contribution in [3.63, 3.8) is 0 Å². The number of hydrogen-bond donors (Lipinski definition) is 0. The predicted molar refractivity (Wildman–Crippen MR) is 109 cm³/mol. The smallest absolute Gasteiger partial charge is 0.281 e. The van der Waals surface area contributed by atoms with Gasteiger partial charge in [0.2, 0.25) is 0 Å². The maximum Gasteiger partial charge on any atom is 0.281 e. The first-order chi connectivity index (χ1) is 10.2. The summed E-state index contributed by atoms with van der Waals surface area (Å²) in [5.41, 5.74) is 1.24. The molecule has 0 unspecified atom stereocenters. The summed E-state index contributed by atoms with van der Waals surface area (Å²) in [6.45, 7) is 1.86. The molecule has 0 aliphatic rings. The second kappa shape index (κ2) is 7.30. The van der Waals surface area contributed by atoms with Gasteiger partial charge in [-0.1, -0.05) is 17.7 Å². The molecule has 0 amide bonds. The Hall–Kier alpha value is 0.0500. The molecule has 0 fully saturated rings. The van der Waals surface area contributed by atoms with Crippen molar-refractivity contribution < 1.29 is 13.5 Å². The molecule has 0 heterocycles. The first-order valence-electron chi connectivity index (χ1n) is 5.94. The zero-order valence-corrected chi connectivity index (χ0v) is 18.5. The summed E-state index contributed by atoms with van der Waals surface area (Å²) in [6, 6.07) is 9.79. The van der Waals surface area contributed by atoms with E-state index in [0.29, 0.717) is 9.13 Å². The van der Waals surface area contributed by atoms with Crippen molar-refractivity contribution in [3.05, 3.63) is 58.2 Å². The molecule has 116 valence electrons. The first-order valence-corrected chi connectivity index (χ1v) is 10.6. The van der Waals surface area contributed by atoms with Crippen LogP contribution in [0.2, 0.25) is 0 Å². The standard InChI is InChI=1S/C14H10I3NO3S/c1-8-2-4-10(5-3-8)22(20,21)18-14(19)11-6-9(15)7-12(16)13(11)17/h2-7H,1H3,(H,18,19)/p-1. The van der Waals surface area contributed by atoms with Gasteiger partial charge >= 0.3 is 0 Å². The SMILES string of the molecule is Cc1ccc(S(=O)(=O)/N=C(\[O-])c2cc(I)cc(I)c2I)cc1. The van der Waals surface area contributed by atoms with Crippen molar-refractivity contribution in [1.82, 2.24) is 0 Å². The Balaban J connectivity index is 2.50. The minimum Gasteiger partial charge on any atom is -0.858 e. The quantitative estimate of drug-likeness (QED) is 0.222. The summed E-state index contributed by atoms with van der Waals surface area (Å²) in [4.78, 5) is 0.0155. The van der Waals surface area contributed by atoms with Gasteiger partial charge in [0.05, 0.1) is 4.90 Å². The molecule has 4 nitrogen and oxygen atoms in total. The Morgan fingerprint density at radius 1 is 1.09 bits per heavy atom. The number of sulfonamides is 1. The van der Waals surface area contributed by atoms with Crippen LogP contribution in [0.25, 0.3) is 0 Å². The third-order valence-corrected chi connectivity index (χ3v) is 7.69. The average molecular weight is 652 g/mol. The van der Waals surface area contributed by atoms with Crippen LogP contribution in [0.3, 0.4) is 0 Å². The van der Waals surface area contributed by atoms with E-state index in [1.54, 1.807) is 18.2 Å². The van der Waals surface area contributed by atoms with E-state index < -0.39 is 15.9 Å². The molecule has 0 aliphatic carbocycles. The molecular weight excluding hydrogens is 643 g/mol. The molecule has 0 N–H and O–H groups in total. The number of hydrogen-bond acceptors (Lipinski definition) is 3. The van der Waals surface area contributed by atoms with Gasteiger partial charge in [-0.2, -0.15) is 12.8 Å². The molecule has 0 spiro atoms. The Morgan fingerprint density at radius 2 is 1.68 bits per heavy atom. The van der Waals surface area contributed by atoms with Crippen molar-refractivity contribution in [2.24, 2.45) is 4.40 Å². The second-order valence-electron chi connectivity index (χ2n) is 4.43. The van der Waals surface area contributed by atoms with Gasteiger partial charge in [0.1, 0.15) is 0 Å². The molecular formula is C14H9I3NO3S-. The van der Waals surface area contributed by atoms with Crippen LogP contribution in [-0.4, -0.2) is 14.3 Å². The third-order valence-electron chi connectivity index (χ3n) is 2.75. The largest absolute Gasteiger partial charge is 0.858 e. The van der Waals surface area contributed by atoms with Crippen molar-refractivity contribution >= 4 is 83.7 Å². The lowest BCUT2D eigenvalue weighted by Crippen LogP contribution is -2.22. The highest BCUT2D eigenvalue weighted by atomic mass is 127. The van der Waals surface area contributed by atoms with E-state index in [4.69, 9.17) is 0 Å². The summed E-state index contributed by atoms with van der Waals surface area (Å²) in [5, 5.41) is 12.3. The highest BCUT2D eigenvalue weighted by Crippen LogP contribution is 2.23. The monoisotopic (exact) mass is 652 g/mol. The minimum absolute atomic E-state index is 0.0155. The van der Waals surface area contributed by atoms with Crippen LogP contribution in [-0.2, 0) is 10.0 Å². The lowest BCUT2D eigenvalue weighted by atomic mass is 10.2. The fourth-order valence-corrected chi connectivity index (χ4v) is 4.92. The fraction of sp³-hybridized carbons (Fsp3) is 0.0714. The maximum absolute atomic E-state index is 12.3. The zero-order chi connectivity index (χ0) is 16.5. The van der Waals surface area contributed by atoms with Crippen molar-refractivity contribution in [1.29, 1.82) is 0 Å². The van der Waals surface area contributed by atoms with Gasteiger partial charge < -0.3 is 5.11 Å². The number of nitrogens with zero attached hydrogens (tertiary/aromatic N) is 1. The van der Waals surface area contributed by atoms with Crippen LogP contribution in [0.4, 0.5) is 0 Å². The lowest BCUT2D eigenvalue weighted by Gasteiger charge is -2.14. The van der Waals surface area contributed by atoms with E-state index >= 15 is 0 Å². The summed E-state index contributed by atoms with van der Waals surface area (Å²) in [6.07, 6.45) is 0. The van der Waals surface area contributed by atoms with E-state index in [0.717, 1.165) is 12.7 Å². The highest BCUT2D eigenvalue weighted by molar-refractivity contribution is 14.1. The Kier molecular flexibility index (Phi) is 6.10. The summed E-state index contributed by atoms with van der Waals surface area (Å²) >= 11 is 6.21. The molecule has 0 bridgehead atoms. The Morgan fingerprint density at radius 3 is 2.27 bits per heavy atom. The van der Waals surface area contributed by atoms with Crippen molar-refractivity contribution in [2.45, 2.75) is 11.8 Å². The first kappa shape index (κ1) is 18.4. The molecule has 0 saturated heterocycles. The maximum atomic E-state index is 12.3. The van der Waals surface area contributed by atoms with Crippen LogP contribution in [0.1, 0.15) is 11.1 Å². The van der Waals surface area contributed by atoms with Gasteiger partial charge in [-0.3, -0.25) is 0 Å². The molecule has 2 rings (SSSR count). The van der Waals surface area contributed by atoms with Gasteiger partial charge in [-0.05, 0) is 99.0 Å². The third kappa shape index (κ3) is 4.32. The topological polar surface area (TPSA) is 69.6 Å². The van der Waals surface area contributed by atoms with Gasteiger partial charge in [-0.15, -0.1) is 0 Å². The van der Waals surface area contributed by atoms with Gasteiger partial charge in [-0.25, -0.2) is 0 Å². The van der Waals surface area contributed by atoms with E-state index in [2.05, 4.69) is 49.6 Å².